The van der Waals surface area contributed by atoms with Crippen molar-refractivity contribution in [3.8, 4) is 0 Å². The van der Waals surface area contributed by atoms with Crippen LogP contribution in [0.5, 0.6) is 0 Å². The zero-order chi connectivity index (χ0) is 17.4. The number of imide groups is 1. The number of rotatable bonds is 2. The molecule has 128 valence electrons. The molecule has 1 saturated heterocycles. The summed E-state index contributed by atoms with van der Waals surface area (Å²) in [5, 5.41) is 5.56. The summed E-state index contributed by atoms with van der Waals surface area (Å²) in [6, 6.07) is 12.4. The van der Waals surface area contributed by atoms with Gasteiger partial charge in [-0.1, -0.05) is 49.6 Å². The lowest BCUT2D eigenvalue weighted by Crippen LogP contribution is -2.50. The Balaban J connectivity index is 1.55. The molecule has 2 N–H and O–H groups in total. The van der Waals surface area contributed by atoms with Crippen LogP contribution in [0.25, 0.3) is 10.8 Å². The molecule has 2 aliphatic rings. The predicted molar refractivity (Wildman–Crippen MR) is 92.6 cm³/mol. The molecule has 0 atom stereocenters. The van der Waals surface area contributed by atoms with Crippen molar-refractivity contribution in [3.05, 3.63) is 48.0 Å². The highest BCUT2D eigenvalue weighted by Gasteiger charge is 2.52. The Kier molecular flexibility index (Phi) is 3.67. The molecule has 4 rings (SSSR count). The van der Waals surface area contributed by atoms with Crippen LogP contribution >= 0.6 is 0 Å². The Morgan fingerprint density at radius 3 is 2.48 bits per heavy atom. The van der Waals surface area contributed by atoms with Gasteiger partial charge in [-0.05, 0) is 35.7 Å². The fourth-order valence-electron chi connectivity index (χ4n) is 3.71. The van der Waals surface area contributed by atoms with Gasteiger partial charge in [0, 0.05) is 5.56 Å². The Hall–Kier alpha value is -2.89. The van der Waals surface area contributed by atoms with Gasteiger partial charge < -0.3 is 5.32 Å². The third-order valence-corrected chi connectivity index (χ3v) is 5.09. The van der Waals surface area contributed by atoms with Gasteiger partial charge in [-0.25, -0.2) is 4.79 Å². The molecule has 0 aromatic heterocycles. The van der Waals surface area contributed by atoms with Gasteiger partial charge in [-0.2, -0.15) is 5.01 Å². The highest BCUT2D eigenvalue weighted by Crippen LogP contribution is 2.33. The minimum atomic E-state index is -0.841. The number of benzene rings is 2. The molecule has 1 spiro atoms. The van der Waals surface area contributed by atoms with Crippen molar-refractivity contribution in [3.63, 3.8) is 0 Å². The molecule has 1 saturated carbocycles. The average Bonchev–Trinajstić information content (AvgIpc) is 2.86. The van der Waals surface area contributed by atoms with Gasteiger partial charge in [0.25, 0.3) is 11.8 Å². The lowest BCUT2D eigenvalue weighted by Gasteiger charge is -2.30. The summed E-state index contributed by atoms with van der Waals surface area (Å²) < 4.78 is 0. The summed E-state index contributed by atoms with van der Waals surface area (Å²) in [6.07, 6.45) is 4.12. The molecule has 25 heavy (non-hydrogen) atoms. The van der Waals surface area contributed by atoms with Gasteiger partial charge >= 0.3 is 6.03 Å². The normalized spacial score (nSPS) is 19.3. The smallest absolute Gasteiger partial charge is 0.322 e. The quantitative estimate of drug-likeness (QED) is 0.827. The van der Waals surface area contributed by atoms with Crippen LogP contribution in [-0.4, -0.2) is 28.4 Å². The molecule has 2 aromatic rings. The summed E-state index contributed by atoms with van der Waals surface area (Å²) in [4.78, 5) is 37.4. The molecule has 6 nitrogen and oxygen atoms in total. The standard InChI is InChI=1S/C19H19N3O3/c23-16(15-9-8-13-6-2-3-7-14(13)12-15)21-22-17(24)19(20-18(22)25)10-4-1-5-11-19/h2-3,6-9,12H,1,4-5,10-11H2,(H,20,25)(H,21,23). The molecule has 2 aromatic carbocycles. The number of hydrazine groups is 1. The second-order valence-electron chi connectivity index (χ2n) is 6.72. The van der Waals surface area contributed by atoms with Crippen LogP contribution in [0.1, 0.15) is 42.5 Å². The molecule has 0 radical (unpaired) electrons. The fraction of sp³-hybridized carbons (Fsp3) is 0.316. The van der Waals surface area contributed by atoms with Gasteiger partial charge in [-0.3, -0.25) is 15.0 Å². The Morgan fingerprint density at radius 2 is 1.72 bits per heavy atom. The van der Waals surface area contributed by atoms with Gasteiger partial charge in [0.1, 0.15) is 5.54 Å². The van der Waals surface area contributed by atoms with Crippen LogP contribution in [-0.2, 0) is 4.79 Å². The van der Waals surface area contributed by atoms with Crippen LogP contribution < -0.4 is 10.7 Å². The Bertz CT molecular complexity index is 871. The van der Waals surface area contributed by atoms with E-state index in [0.717, 1.165) is 35.0 Å². The zero-order valence-corrected chi connectivity index (χ0v) is 13.7. The minimum Gasteiger partial charge on any atom is -0.322 e. The van der Waals surface area contributed by atoms with E-state index in [0.29, 0.717) is 18.4 Å². The summed E-state index contributed by atoms with van der Waals surface area (Å²) in [5.41, 5.74) is 2.03. The van der Waals surface area contributed by atoms with Crippen molar-refractivity contribution in [2.75, 3.05) is 0 Å². The molecule has 4 amide bonds. The van der Waals surface area contributed by atoms with E-state index >= 15 is 0 Å². The van der Waals surface area contributed by atoms with E-state index in [9.17, 15) is 14.4 Å². The summed E-state index contributed by atoms with van der Waals surface area (Å²) in [7, 11) is 0. The van der Waals surface area contributed by atoms with E-state index in [1.807, 2.05) is 30.3 Å². The molecule has 0 bridgehead atoms. The van der Waals surface area contributed by atoms with E-state index in [1.165, 1.54) is 0 Å². The largest absolute Gasteiger partial charge is 0.344 e. The average molecular weight is 337 g/mol. The number of carbonyl (C=O) groups is 3. The van der Waals surface area contributed by atoms with Gasteiger partial charge in [-0.15, -0.1) is 0 Å². The van der Waals surface area contributed by atoms with Gasteiger partial charge in [0.2, 0.25) is 0 Å². The summed E-state index contributed by atoms with van der Waals surface area (Å²) in [5.74, 6) is -0.826. The van der Waals surface area contributed by atoms with Crippen LogP contribution in [0.2, 0.25) is 0 Å². The molecule has 1 aliphatic carbocycles. The maximum atomic E-state index is 12.7. The van der Waals surface area contributed by atoms with Crippen LogP contribution in [0, 0.1) is 0 Å². The van der Waals surface area contributed by atoms with Crippen molar-refractivity contribution in [2.45, 2.75) is 37.6 Å². The van der Waals surface area contributed by atoms with Crippen LogP contribution in [0.15, 0.2) is 42.5 Å². The van der Waals surface area contributed by atoms with E-state index in [-0.39, 0.29) is 5.91 Å². The van der Waals surface area contributed by atoms with Gasteiger partial charge in [0.05, 0.1) is 0 Å². The number of fused-ring (bicyclic) bond motifs is 1. The maximum Gasteiger partial charge on any atom is 0.344 e. The van der Waals surface area contributed by atoms with Crippen molar-refractivity contribution in [2.24, 2.45) is 0 Å². The number of urea groups is 1. The molecular formula is C19H19N3O3. The Morgan fingerprint density at radius 1 is 1.00 bits per heavy atom. The zero-order valence-electron chi connectivity index (χ0n) is 13.7. The fourth-order valence-corrected chi connectivity index (χ4v) is 3.71. The maximum absolute atomic E-state index is 12.7. The first-order chi connectivity index (χ1) is 12.1. The van der Waals surface area contributed by atoms with E-state index < -0.39 is 17.5 Å². The number of nitrogens with zero attached hydrogens (tertiary/aromatic N) is 1. The van der Waals surface area contributed by atoms with Crippen LogP contribution in [0.3, 0.4) is 0 Å². The summed E-state index contributed by atoms with van der Waals surface area (Å²) >= 11 is 0. The molecule has 1 aliphatic heterocycles. The topological polar surface area (TPSA) is 78.5 Å². The van der Waals surface area contributed by atoms with Crippen molar-refractivity contribution < 1.29 is 14.4 Å². The molecular weight excluding hydrogens is 318 g/mol. The summed E-state index contributed by atoms with van der Waals surface area (Å²) in [6.45, 7) is 0. The minimum absolute atomic E-state index is 0.355. The lowest BCUT2D eigenvalue weighted by molar-refractivity contribution is -0.134. The first kappa shape index (κ1) is 15.6. The molecule has 0 unspecified atom stereocenters. The monoisotopic (exact) mass is 337 g/mol. The van der Waals surface area contributed by atoms with Crippen molar-refractivity contribution >= 4 is 28.6 Å². The number of hydrogen-bond donors (Lipinski definition) is 2. The van der Waals surface area contributed by atoms with Crippen molar-refractivity contribution in [1.82, 2.24) is 15.8 Å². The van der Waals surface area contributed by atoms with E-state index in [2.05, 4.69) is 10.7 Å². The molecule has 6 heteroatoms. The van der Waals surface area contributed by atoms with Crippen molar-refractivity contribution in [1.29, 1.82) is 0 Å². The number of amides is 4. The highest BCUT2D eigenvalue weighted by atomic mass is 16.2. The second-order valence-corrected chi connectivity index (χ2v) is 6.72. The first-order valence-electron chi connectivity index (χ1n) is 8.56. The number of nitrogens with one attached hydrogen (secondary N) is 2. The third kappa shape index (κ3) is 2.63. The van der Waals surface area contributed by atoms with Gasteiger partial charge in [0.15, 0.2) is 0 Å². The third-order valence-electron chi connectivity index (χ3n) is 5.09. The number of hydrogen-bond acceptors (Lipinski definition) is 3. The first-order valence-corrected chi connectivity index (χ1v) is 8.56. The predicted octanol–water partition coefficient (Wildman–Crippen LogP) is 2.74. The SMILES string of the molecule is O=C(NN1C(=O)NC2(CCCCC2)C1=O)c1ccc2ccccc2c1. The highest BCUT2D eigenvalue weighted by molar-refractivity contribution is 6.09. The van der Waals surface area contributed by atoms with E-state index in [4.69, 9.17) is 0 Å². The number of carbonyl (C=O) groups excluding carboxylic acids is 3. The molecule has 2 fully saturated rings. The lowest BCUT2D eigenvalue weighted by atomic mass is 9.82. The van der Waals surface area contributed by atoms with E-state index in [1.54, 1.807) is 12.1 Å². The second kappa shape index (κ2) is 5.88. The molecule has 1 heterocycles. The Labute approximate surface area is 145 Å². The van der Waals surface area contributed by atoms with Crippen LogP contribution in [0.4, 0.5) is 4.79 Å².